The number of piperazine rings is 1. The van der Waals surface area contributed by atoms with Crippen LogP contribution in [0.4, 0.5) is 18.0 Å². The third kappa shape index (κ3) is 5.88. The fourth-order valence-corrected chi connectivity index (χ4v) is 2.90. The fraction of sp³-hybridized carbons (Fsp3) is 0.611. The van der Waals surface area contributed by atoms with Gasteiger partial charge in [0.15, 0.2) is 0 Å². The normalized spacial score (nSPS) is 17.2. The molecular formula is C18H26F3N3O2. The Hall–Kier alpha value is -1.80. The van der Waals surface area contributed by atoms with E-state index in [-0.39, 0.29) is 12.1 Å². The van der Waals surface area contributed by atoms with E-state index in [4.69, 9.17) is 4.74 Å². The quantitative estimate of drug-likeness (QED) is 0.834. The highest BCUT2D eigenvalue weighted by atomic mass is 19.4. The smallest absolute Gasteiger partial charge is 0.383 e. The molecule has 0 spiro atoms. The maximum Gasteiger partial charge on any atom is 0.416 e. The van der Waals surface area contributed by atoms with E-state index in [9.17, 15) is 18.0 Å². The highest BCUT2D eigenvalue weighted by Crippen LogP contribution is 2.29. The number of alkyl halides is 3. The summed E-state index contributed by atoms with van der Waals surface area (Å²) in [7, 11) is 1.61. The molecule has 1 aliphatic heterocycles. The third-order valence-electron chi connectivity index (χ3n) is 4.54. The SMILES string of the molecule is CC[C@@H](COC)NC(=O)N1CCN(Cc2ccc(C(F)(F)F)cc2)CC1. The molecule has 0 saturated carbocycles. The van der Waals surface area contributed by atoms with Gasteiger partial charge in [0.1, 0.15) is 0 Å². The number of nitrogens with one attached hydrogen (secondary N) is 1. The molecular weight excluding hydrogens is 347 g/mol. The Kier molecular flexibility index (Phi) is 7.28. The van der Waals surface area contributed by atoms with E-state index < -0.39 is 11.7 Å². The maximum atomic E-state index is 12.6. The predicted octanol–water partition coefficient (Wildman–Crippen LogP) is 2.96. The van der Waals surface area contributed by atoms with Gasteiger partial charge in [-0.15, -0.1) is 0 Å². The number of ether oxygens (including phenoxy) is 1. The second-order valence-corrected chi connectivity index (χ2v) is 6.47. The van der Waals surface area contributed by atoms with Crippen molar-refractivity contribution in [1.29, 1.82) is 0 Å². The fourth-order valence-electron chi connectivity index (χ4n) is 2.90. The number of hydrogen-bond acceptors (Lipinski definition) is 3. The number of hydrogen-bond donors (Lipinski definition) is 1. The standard InChI is InChI=1S/C18H26F3N3O2/c1-3-16(13-26-2)22-17(25)24-10-8-23(9-11-24)12-14-4-6-15(7-5-14)18(19,20)21/h4-7,16H,3,8-13H2,1-2H3,(H,22,25)/t16-/m0/s1. The average molecular weight is 373 g/mol. The van der Waals surface area contributed by atoms with Gasteiger partial charge in [-0.3, -0.25) is 4.90 Å². The molecule has 1 fully saturated rings. The molecule has 1 saturated heterocycles. The molecule has 1 N–H and O–H groups in total. The van der Waals surface area contributed by atoms with E-state index in [1.54, 1.807) is 12.0 Å². The third-order valence-corrected chi connectivity index (χ3v) is 4.54. The summed E-state index contributed by atoms with van der Waals surface area (Å²) in [5, 5.41) is 2.96. The molecule has 0 aliphatic carbocycles. The number of urea groups is 1. The van der Waals surface area contributed by atoms with Crippen LogP contribution in [0.5, 0.6) is 0 Å². The summed E-state index contributed by atoms with van der Waals surface area (Å²) in [6.45, 7) is 5.62. The minimum Gasteiger partial charge on any atom is -0.383 e. The molecule has 0 unspecified atom stereocenters. The molecule has 1 aromatic carbocycles. The number of carbonyl (C=O) groups is 1. The van der Waals surface area contributed by atoms with Crippen LogP contribution in [0, 0.1) is 0 Å². The highest BCUT2D eigenvalue weighted by molar-refractivity contribution is 5.74. The molecule has 2 amide bonds. The summed E-state index contributed by atoms with van der Waals surface area (Å²) >= 11 is 0. The van der Waals surface area contributed by atoms with Crippen molar-refractivity contribution in [2.45, 2.75) is 32.1 Å². The van der Waals surface area contributed by atoms with Crippen LogP contribution in [-0.2, 0) is 17.5 Å². The van der Waals surface area contributed by atoms with Gasteiger partial charge in [0, 0.05) is 39.8 Å². The zero-order valence-corrected chi connectivity index (χ0v) is 15.2. The number of methoxy groups -OCH3 is 1. The maximum absolute atomic E-state index is 12.6. The van der Waals surface area contributed by atoms with Crippen LogP contribution >= 0.6 is 0 Å². The lowest BCUT2D eigenvalue weighted by molar-refractivity contribution is -0.137. The number of benzene rings is 1. The summed E-state index contributed by atoms with van der Waals surface area (Å²) < 4.78 is 42.9. The number of carbonyl (C=O) groups excluding carboxylic acids is 1. The molecule has 2 rings (SSSR count). The summed E-state index contributed by atoms with van der Waals surface area (Å²) in [6.07, 6.45) is -3.51. The Balaban J connectivity index is 1.80. The van der Waals surface area contributed by atoms with Crippen LogP contribution in [-0.4, -0.2) is 61.8 Å². The molecule has 8 heteroatoms. The van der Waals surface area contributed by atoms with Crippen LogP contribution in [0.15, 0.2) is 24.3 Å². The molecule has 26 heavy (non-hydrogen) atoms. The first-order chi connectivity index (χ1) is 12.3. The van der Waals surface area contributed by atoms with E-state index in [1.807, 2.05) is 6.92 Å². The first-order valence-electron chi connectivity index (χ1n) is 8.76. The Morgan fingerprint density at radius 2 is 1.81 bits per heavy atom. The molecule has 146 valence electrons. The topological polar surface area (TPSA) is 44.8 Å². The van der Waals surface area contributed by atoms with Gasteiger partial charge in [0.2, 0.25) is 0 Å². The summed E-state index contributed by atoms with van der Waals surface area (Å²) in [5.74, 6) is 0. The molecule has 0 bridgehead atoms. The number of rotatable bonds is 6. The minimum atomic E-state index is -4.31. The molecule has 5 nitrogen and oxygen atoms in total. The van der Waals surface area contributed by atoms with Crippen molar-refractivity contribution in [3.05, 3.63) is 35.4 Å². The van der Waals surface area contributed by atoms with Gasteiger partial charge in [-0.05, 0) is 24.1 Å². The van der Waals surface area contributed by atoms with Crippen molar-refractivity contribution < 1.29 is 22.7 Å². The molecule has 1 heterocycles. The summed E-state index contributed by atoms with van der Waals surface area (Å²) in [6, 6.07) is 5.15. The van der Waals surface area contributed by atoms with Crippen molar-refractivity contribution in [2.75, 3.05) is 39.9 Å². The number of nitrogens with zero attached hydrogens (tertiary/aromatic N) is 2. The Labute approximate surface area is 152 Å². The van der Waals surface area contributed by atoms with Crippen LogP contribution < -0.4 is 5.32 Å². The Morgan fingerprint density at radius 1 is 1.19 bits per heavy atom. The van der Waals surface area contributed by atoms with E-state index in [2.05, 4.69) is 10.2 Å². The average Bonchev–Trinajstić information content (AvgIpc) is 2.61. The second kappa shape index (κ2) is 9.23. The minimum absolute atomic E-state index is 0.00215. The van der Waals surface area contributed by atoms with Crippen molar-refractivity contribution in [2.24, 2.45) is 0 Å². The van der Waals surface area contributed by atoms with Crippen LogP contribution in [0.1, 0.15) is 24.5 Å². The van der Waals surface area contributed by atoms with Crippen LogP contribution in [0.25, 0.3) is 0 Å². The van der Waals surface area contributed by atoms with Gasteiger partial charge >= 0.3 is 12.2 Å². The lowest BCUT2D eigenvalue weighted by Gasteiger charge is -2.35. The molecule has 1 aliphatic rings. The van der Waals surface area contributed by atoms with Crippen molar-refractivity contribution in [3.63, 3.8) is 0 Å². The van der Waals surface area contributed by atoms with Gasteiger partial charge in [-0.1, -0.05) is 19.1 Å². The first kappa shape index (κ1) is 20.5. The zero-order valence-electron chi connectivity index (χ0n) is 15.2. The van der Waals surface area contributed by atoms with Crippen LogP contribution in [0.3, 0.4) is 0 Å². The van der Waals surface area contributed by atoms with Gasteiger partial charge < -0.3 is 15.0 Å². The Morgan fingerprint density at radius 3 is 2.31 bits per heavy atom. The van der Waals surface area contributed by atoms with Gasteiger partial charge in [0.25, 0.3) is 0 Å². The van der Waals surface area contributed by atoms with E-state index in [0.717, 1.165) is 24.1 Å². The summed E-state index contributed by atoms with van der Waals surface area (Å²) in [5.41, 5.74) is 0.200. The van der Waals surface area contributed by atoms with Gasteiger partial charge in [-0.2, -0.15) is 13.2 Å². The highest BCUT2D eigenvalue weighted by Gasteiger charge is 2.30. The first-order valence-corrected chi connectivity index (χ1v) is 8.76. The monoisotopic (exact) mass is 373 g/mol. The van der Waals surface area contributed by atoms with Crippen molar-refractivity contribution in [3.8, 4) is 0 Å². The van der Waals surface area contributed by atoms with Gasteiger partial charge in [-0.25, -0.2) is 4.79 Å². The molecule has 1 atom stereocenters. The molecule has 0 aromatic heterocycles. The van der Waals surface area contributed by atoms with E-state index in [1.165, 1.54) is 12.1 Å². The largest absolute Gasteiger partial charge is 0.416 e. The Bertz CT molecular complexity index is 570. The van der Waals surface area contributed by atoms with Crippen molar-refractivity contribution >= 4 is 6.03 Å². The van der Waals surface area contributed by atoms with E-state index in [0.29, 0.717) is 39.3 Å². The zero-order chi connectivity index (χ0) is 19.2. The van der Waals surface area contributed by atoms with Gasteiger partial charge in [0.05, 0.1) is 18.2 Å². The lowest BCUT2D eigenvalue weighted by Crippen LogP contribution is -2.53. The predicted molar refractivity (Wildman–Crippen MR) is 92.8 cm³/mol. The van der Waals surface area contributed by atoms with E-state index >= 15 is 0 Å². The van der Waals surface area contributed by atoms with Crippen LogP contribution in [0.2, 0.25) is 0 Å². The number of halogens is 3. The lowest BCUT2D eigenvalue weighted by atomic mass is 10.1. The summed E-state index contributed by atoms with van der Waals surface area (Å²) in [4.78, 5) is 16.2. The second-order valence-electron chi connectivity index (χ2n) is 6.47. The van der Waals surface area contributed by atoms with Crippen molar-refractivity contribution in [1.82, 2.24) is 15.1 Å². The molecule has 0 radical (unpaired) electrons. The molecule has 1 aromatic rings. The number of amides is 2.